The van der Waals surface area contributed by atoms with Crippen molar-refractivity contribution in [1.29, 1.82) is 0 Å². The molecule has 0 saturated carbocycles. The van der Waals surface area contributed by atoms with Gasteiger partial charge in [0.2, 0.25) is 15.9 Å². The van der Waals surface area contributed by atoms with Gasteiger partial charge in [0.05, 0.1) is 17.5 Å². The van der Waals surface area contributed by atoms with E-state index in [0.717, 1.165) is 22.4 Å². The Kier molecular flexibility index (Phi) is 5.21. The van der Waals surface area contributed by atoms with Crippen molar-refractivity contribution in [2.45, 2.75) is 48.5 Å². The third-order valence-electron chi connectivity index (χ3n) is 7.36. The lowest BCUT2D eigenvalue weighted by Gasteiger charge is -2.48. The number of sulfonamides is 1. The normalized spacial score (nSPS) is 27.2. The van der Waals surface area contributed by atoms with E-state index in [1.54, 1.807) is 24.3 Å². The second kappa shape index (κ2) is 8.19. The first-order valence-corrected chi connectivity index (χ1v) is 13.3. The maximum absolute atomic E-state index is 14.0. The molecular formula is C27H27N3O4S. The molecule has 0 unspecified atom stereocenters. The third-order valence-corrected chi connectivity index (χ3v) is 8.85. The topological polar surface area (TPSA) is 87.7 Å². The number of ether oxygens (including phenoxy) is 1. The molecule has 0 aliphatic carbocycles. The average molecular weight is 490 g/mol. The first-order valence-electron chi connectivity index (χ1n) is 11.8. The van der Waals surface area contributed by atoms with Gasteiger partial charge in [0.25, 0.3) is 0 Å². The van der Waals surface area contributed by atoms with Gasteiger partial charge in [-0.1, -0.05) is 66.2 Å². The number of fused-ring (bicyclic) bond motifs is 1. The predicted molar refractivity (Wildman–Crippen MR) is 132 cm³/mol. The summed E-state index contributed by atoms with van der Waals surface area (Å²) in [7, 11) is -3.88. The summed E-state index contributed by atoms with van der Waals surface area (Å²) in [5, 5.41) is 3.43. The molecule has 2 fully saturated rings. The van der Waals surface area contributed by atoms with E-state index in [1.165, 1.54) is 0 Å². The monoisotopic (exact) mass is 489 g/mol. The number of carbonyl (C=O) groups excluding carboxylic acids is 1. The van der Waals surface area contributed by atoms with Gasteiger partial charge in [-0.3, -0.25) is 4.79 Å². The molecule has 0 aromatic heterocycles. The molecule has 180 valence electrons. The van der Waals surface area contributed by atoms with E-state index < -0.39 is 27.8 Å². The van der Waals surface area contributed by atoms with Gasteiger partial charge in [-0.05, 0) is 37.1 Å². The molecule has 3 aromatic carbocycles. The molecule has 3 aliphatic rings. The van der Waals surface area contributed by atoms with Gasteiger partial charge >= 0.3 is 0 Å². The van der Waals surface area contributed by atoms with Crippen LogP contribution in [0.25, 0.3) is 0 Å². The van der Waals surface area contributed by atoms with Gasteiger partial charge < -0.3 is 15.0 Å². The van der Waals surface area contributed by atoms with E-state index in [9.17, 15) is 13.2 Å². The van der Waals surface area contributed by atoms with E-state index in [2.05, 4.69) is 10.0 Å². The van der Waals surface area contributed by atoms with Crippen LogP contribution >= 0.6 is 0 Å². The van der Waals surface area contributed by atoms with Crippen molar-refractivity contribution < 1.29 is 17.9 Å². The Balaban J connectivity index is 1.39. The van der Waals surface area contributed by atoms with Crippen LogP contribution in [-0.4, -0.2) is 44.1 Å². The molecule has 7 nitrogen and oxygen atoms in total. The number of para-hydroxylation sites is 1. The van der Waals surface area contributed by atoms with E-state index in [1.807, 2.05) is 66.4 Å². The smallest absolute Gasteiger partial charge is 0.242 e. The van der Waals surface area contributed by atoms with Crippen LogP contribution in [0.2, 0.25) is 0 Å². The highest BCUT2D eigenvalue weighted by molar-refractivity contribution is 7.89. The minimum absolute atomic E-state index is 0.150. The van der Waals surface area contributed by atoms with Crippen molar-refractivity contribution in [1.82, 2.24) is 9.62 Å². The zero-order valence-corrected chi connectivity index (χ0v) is 20.2. The summed E-state index contributed by atoms with van der Waals surface area (Å²) < 4.78 is 35.5. The number of morpholine rings is 1. The SMILES string of the molecule is Cc1ccc(S(=O)(=O)N[C@H]2C[C@@]34c5ccccc5N[C@@H]3OC[C@H](Cc3ccccc3)N4C2=O)cc1. The van der Waals surface area contributed by atoms with Gasteiger partial charge in [0.1, 0.15) is 11.6 Å². The summed E-state index contributed by atoms with van der Waals surface area (Å²) in [4.78, 5) is 16.0. The first kappa shape index (κ1) is 22.3. The van der Waals surface area contributed by atoms with Crippen molar-refractivity contribution in [3.8, 4) is 0 Å². The molecule has 6 rings (SSSR count). The molecular weight excluding hydrogens is 462 g/mol. The Labute approximate surface area is 205 Å². The Morgan fingerprint density at radius 3 is 2.51 bits per heavy atom. The third kappa shape index (κ3) is 3.55. The number of benzene rings is 3. The van der Waals surface area contributed by atoms with E-state index >= 15 is 0 Å². The summed E-state index contributed by atoms with van der Waals surface area (Å²) in [6.45, 7) is 2.27. The molecule has 3 aliphatic heterocycles. The molecule has 1 amide bonds. The van der Waals surface area contributed by atoms with Gasteiger partial charge in [-0.2, -0.15) is 4.72 Å². The molecule has 0 bridgehead atoms. The first-order chi connectivity index (χ1) is 16.9. The second-order valence-corrected chi connectivity index (χ2v) is 11.3. The van der Waals surface area contributed by atoms with E-state index in [4.69, 9.17) is 4.74 Å². The standard InChI is InChI=1S/C27H27N3O4S/c1-18-11-13-21(14-12-18)35(32,33)29-24-16-27-22-9-5-6-10-23(22)28-26(27)34-17-20(30(27)25(24)31)15-19-7-3-2-4-8-19/h2-14,20,24,26,28-29H,15-17H2,1H3/t20-,24-,26+,27+/m0/s1. The van der Waals surface area contributed by atoms with Crippen molar-refractivity contribution in [3.05, 3.63) is 95.6 Å². The highest BCUT2D eigenvalue weighted by Crippen LogP contribution is 2.53. The highest BCUT2D eigenvalue weighted by Gasteiger charge is 2.64. The van der Waals surface area contributed by atoms with Crippen LogP contribution in [0.4, 0.5) is 5.69 Å². The number of amides is 1. The summed E-state index contributed by atoms with van der Waals surface area (Å²) in [6, 6.07) is 23.4. The molecule has 8 heteroatoms. The van der Waals surface area contributed by atoms with Crippen molar-refractivity contribution in [3.63, 3.8) is 0 Å². The zero-order valence-electron chi connectivity index (χ0n) is 19.3. The Hall–Kier alpha value is -3.20. The van der Waals surface area contributed by atoms with Crippen LogP contribution in [-0.2, 0) is 31.5 Å². The number of nitrogens with zero attached hydrogens (tertiary/aromatic N) is 1. The number of anilines is 1. The highest BCUT2D eigenvalue weighted by atomic mass is 32.2. The second-order valence-electron chi connectivity index (χ2n) is 9.57. The Morgan fingerprint density at radius 2 is 1.74 bits per heavy atom. The van der Waals surface area contributed by atoms with Crippen LogP contribution < -0.4 is 10.0 Å². The fraction of sp³-hybridized carbons (Fsp3) is 0.296. The van der Waals surface area contributed by atoms with Crippen LogP contribution in [0.1, 0.15) is 23.1 Å². The molecule has 3 heterocycles. The zero-order chi connectivity index (χ0) is 24.2. The van der Waals surface area contributed by atoms with Crippen LogP contribution in [0.5, 0.6) is 0 Å². The fourth-order valence-corrected chi connectivity index (χ4v) is 6.98. The van der Waals surface area contributed by atoms with Crippen LogP contribution in [0.3, 0.4) is 0 Å². The predicted octanol–water partition coefficient (Wildman–Crippen LogP) is 3.16. The van der Waals surface area contributed by atoms with Crippen molar-refractivity contribution in [2.75, 3.05) is 11.9 Å². The molecule has 2 N–H and O–H groups in total. The minimum Gasteiger partial charge on any atom is -0.358 e. The van der Waals surface area contributed by atoms with Crippen molar-refractivity contribution >= 4 is 21.6 Å². The number of hydrogen-bond acceptors (Lipinski definition) is 5. The lowest BCUT2D eigenvalue weighted by Crippen LogP contribution is -2.62. The molecule has 2 saturated heterocycles. The number of nitrogens with one attached hydrogen (secondary N) is 2. The maximum atomic E-state index is 14.0. The average Bonchev–Trinajstić information content (AvgIpc) is 3.33. The quantitative estimate of drug-likeness (QED) is 0.575. The molecule has 35 heavy (non-hydrogen) atoms. The number of rotatable bonds is 5. The lowest BCUT2D eigenvalue weighted by atomic mass is 9.84. The van der Waals surface area contributed by atoms with E-state index in [0.29, 0.717) is 13.0 Å². The Morgan fingerprint density at radius 1 is 1.03 bits per heavy atom. The van der Waals surface area contributed by atoms with Crippen LogP contribution in [0.15, 0.2) is 83.8 Å². The number of aryl methyl sites for hydroxylation is 1. The van der Waals surface area contributed by atoms with Gasteiger partial charge in [0, 0.05) is 17.7 Å². The molecule has 4 atom stereocenters. The van der Waals surface area contributed by atoms with E-state index in [-0.39, 0.29) is 23.3 Å². The fourth-order valence-electron chi connectivity index (χ4n) is 5.79. The molecule has 0 radical (unpaired) electrons. The Bertz CT molecular complexity index is 1380. The molecule has 3 aromatic rings. The van der Waals surface area contributed by atoms with Crippen LogP contribution in [0, 0.1) is 6.92 Å². The maximum Gasteiger partial charge on any atom is 0.242 e. The number of hydrogen-bond donors (Lipinski definition) is 2. The van der Waals surface area contributed by atoms with Crippen molar-refractivity contribution in [2.24, 2.45) is 0 Å². The summed E-state index contributed by atoms with van der Waals surface area (Å²) >= 11 is 0. The van der Waals surface area contributed by atoms with Gasteiger partial charge in [-0.15, -0.1) is 0 Å². The summed E-state index contributed by atoms with van der Waals surface area (Å²) in [5.41, 5.74) is 3.16. The summed E-state index contributed by atoms with van der Waals surface area (Å²) in [6.07, 6.45) is 0.474. The minimum atomic E-state index is -3.88. The lowest BCUT2D eigenvalue weighted by molar-refractivity contribution is -0.159. The van der Waals surface area contributed by atoms with Gasteiger partial charge in [-0.25, -0.2) is 8.42 Å². The van der Waals surface area contributed by atoms with Gasteiger partial charge in [0.15, 0.2) is 6.23 Å². The summed E-state index contributed by atoms with van der Waals surface area (Å²) in [5.74, 6) is -0.214. The largest absolute Gasteiger partial charge is 0.358 e. The molecule has 1 spiro atoms. The number of carbonyl (C=O) groups is 1.